The Kier molecular flexibility index (Phi) is 6.55. The van der Waals surface area contributed by atoms with E-state index in [1.54, 1.807) is 0 Å². The molecule has 1 saturated heterocycles. The van der Waals surface area contributed by atoms with E-state index in [1.807, 2.05) is 0 Å². The molecule has 1 aliphatic heterocycles. The van der Waals surface area contributed by atoms with Crippen LogP contribution in [0.1, 0.15) is 50.7 Å². The molecule has 1 heterocycles. The molecule has 0 atom stereocenters. The van der Waals surface area contributed by atoms with E-state index in [-0.39, 0.29) is 0 Å². The van der Waals surface area contributed by atoms with Gasteiger partial charge in [0, 0.05) is 13.1 Å². The molecule has 0 radical (unpaired) electrons. The van der Waals surface area contributed by atoms with Gasteiger partial charge in [0.2, 0.25) is 0 Å². The van der Waals surface area contributed by atoms with E-state index in [2.05, 4.69) is 48.3 Å². The van der Waals surface area contributed by atoms with Crippen LogP contribution in [0.25, 0.3) is 0 Å². The van der Waals surface area contributed by atoms with E-state index < -0.39 is 0 Å². The third-order valence-corrected chi connectivity index (χ3v) is 4.01. The lowest BCUT2D eigenvalue weighted by molar-refractivity contribution is 0.277. The predicted octanol–water partition coefficient (Wildman–Crippen LogP) is 3.81. The van der Waals surface area contributed by atoms with E-state index in [4.69, 9.17) is 0 Å². The van der Waals surface area contributed by atoms with Gasteiger partial charge in [-0.25, -0.2) is 0 Å². The molecule has 2 nitrogen and oxygen atoms in total. The first-order valence-corrected chi connectivity index (χ1v) is 8.25. The number of benzene rings is 1. The smallest absolute Gasteiger partial charge is 0.0233 e. The minimum atomic E-state index is 0.720. The zero-order chi connectivity index (χ0) is 14.2. The van der Waals surface area contributed by atoms with Crippen molar-refractivity contribution in [3.63, 3.8) is 0 Å². The highest BCUT2D eigenvalue weighted by molar-refractivity contribution is 5.22. The van der Waals surface area contributed by atoms with Gasteiger partial charge < -0.3 is 5.32 Å². The van der Waals surface area contributed by atoms with Crippen molar-refractivity contribution in [3.05, 3.63) is 35.4 Å². The quantitative estimate of drug-likeness (QED) is 0.848. The monoisotopic (exact) mass is 274 g/mol. The van der Waals surface area contributed by atoms with Crippen LogP contribution in [0.3, 0.4) is 0 Å². The van der Waals surface area contributed by atoms with Crippen LogP contribution in [-0.4, -0.2) is 24.5 Å². The molecule has 0 unspecified atom stereocenters. The maximum absolute atomic E-state index is 3.50. The lowest BCUT2D eigenvalue weighted by Gasteiger charge is -2.19. The number of nitrogens with one attached hydrogen (secondary N) is 1. The van der Waals surface area contributed by atoms with Crippen molar-refractivity contribution in [2.75, 3.05) is 19.6 Å². The van der Waals surface area contributed by atoms with Crippen LogP contribution in [-0.2, 0) is 13.1 Å². The maximum atomic E-state index is 3.50. The van der Waals surface area contributed by atoms with Crippen molar-refractivity contribution >= 4 is 0 Å². The minimum absolute atomic E-state index is 0.720. The summed E-state index contributed by atoms with van der Waals surface area (Å²) >= 11 is 0. The van der Waals surface area contributed by atoms with E-state index in [0.717, 1.165) is 25.6 Å². The van der Waals surface area contributed by atoms with E-state index in [9.17, 15) is 0 Å². The summed E-state index contributed by atoms with van der Waals surface area (Å²) in [5.74, 6) is 0.720. The van der Waals surface area contributed by atoms with E-state index in [1.165, 1.54) is 49.9 Å². The van der Waals surface area contributed by atoms with Crippen LogP contribution in [0.5, 0.6) is 0 Å². The summed E-state index contributed by atoms with van der Waals surface area (Å²) in [7, 11) is 0. The molecule has 20 heavy (non-hydrogen) atoms. The third kappa shape index (κ3) is 5.64. The highest BCUT2D eigenvalue weighted by Gasteiger charge is 2.09. The lowest BCUT2D eigenvalue weighted by atomic mass is 10.1. The Balaban J connectivity index is 1.78. The van der Waals surface area contributed by atoms with Crippen LogP contribution < -0.4 is 5.32 Å². The van der Waals surface area contributed by atoms with Crippen molar-refractivity contribution in [1.29, 1.82) is 0 Å². The summed E-state index contributed by atoms with van der Waals surface area (Å²) in [6.45, 7) is 10.3. The first kappa shape index (κ1) is 15.5. The number of hydrogen-bond acceptors (Lipinski definition) is 2. The lowest BCUT2D eigenvalue weighted by Crippen LogP contribution is -2.24. The molecule has 0 bridgehead atoms. The van der Waals surface area contributed by atoms with Gasteiger partial charge in [-0.05, 0) is 49.5 Å². The Bertz CT molecular complexity index is 362. The van der Waals surface area contributed by atoms with Crippen LogP contribution >= 0.6 is 0 Å². The number of nitrogens with zero attached hydrogens (tertiary/aromatic N) is 1. The molecule has 1 aromatic rings. The fraction of sp³-hybridized carbons (Fsp3) is 0.667. The molecule has 112 valence electrons. The Hall–Kier alpha value is -0.860. The molecule has 0 aromatic heterocycles. The third-order valence-electron chi connectivity index (χ3n) is 4.01. The van der Waals surface area contributed by atoms with Crippen molar-refractivity contribution in [3.8, 4) is 0 Å². The molecule has 1 aliphatic rings. The molecular weight excluding hydrogens is 244 g/mol. The zero-order valence-corrected chi connectivity index (χ0v) is 13.2. The molecule has 0 spiro atoms. The topological polar surface area (TPSA) is 15.3 Å². The fourth-order valence-corrected chi connectivity index (χ4v) is 2.82. The fourth-order valence-electron chi connectivity index (χ4n) is 2.82. The zero-order valence-electron chi connectivity index (χ0n) is 13.2. The highest BCUT2D eigenvalue weighted by Crippen LogP contribution is 2.13. The Labute approximate surface area is 124 Å². The normalized spacial score (nSPS) is 17.4. The Morgan fingerprint density at radius 3 is 2.15 bits per heavy atom. The second-order valence-corrected chi connectivity index (χ2v) is 6.53. The summed E-state index contributed by atoms with van der Waals surface area (Å²) in [4.78, 5) is 2.61. The van der Waals surface area contributed by atoms with Gasteiger partial charge in [-0.3, -0.25) is 4.90 Å². The van der Waals surface area contributed by atoms with Crippen molar-refractivity contribution in [1.82, 2.24) is 10.2 Å². The van der Waals surface area contributed by atoms with Crippen LogP contribution in [0.2, 0.25) is 0 Å². The molecule has 2 rings (SSSR count). The van der Waals surface area contributed by atoms with Gasteiger partial charge in [0.15, 0.2) is 0 Å². The summed E-state index contributed by atoms with van der Waals surface area (Å²) < 4.78 is 0. The minimum Gasteiger partial charge on any atom is -0.312 e. The molecule has 2 heteroatoms. The second-order valence-electron chi connectivity index (χ2n) is 6.53. The standard InChI is InChI=1S/C18H30N2/c1-16(2)13-19-14-17-7-9-18(10-8-17)15-20-11-5-3-4-6-12-20/h7-10,16,19H,3-6,11-15H2,1-2H3. The molecule has 0 amide bonds. The van der Waals surface area contributed by atoms with Gasteiger partial charge in [0.05, 0.1) is 0 Å². The van der Waals surface area contributed by atoms with Crippen LogP contribution in [0.15, 0.2) is 24.3 Å². The summed E-state index contributed by atoms with van der Waals surface area (Å²) in [5.41, 5.74) is 2.85. The van der Waals surface area contributed by atoms with Gasteiger partial charge in [0.1, 0.15) is 0 Å². The average Bonchev–Trinajstić information content (AvgIpc) is 2.69. The molecule has 1 aromatic carbocycles. The SMILES string of the molecule is CC(C)CNCc1ccc(CN2CCCCCC2)cc1. The molecular formula is C18H30N2. The summed E-state index contributed by atoms with van der Waals surface area (Å²) in [6.07, 6.45) is 5.57. The van der Waals surface area contributed by atoms with Gasteiger partial charge in [-0.15, -0.1) is 0 Å². The number of hydrogen-bond donors (Lipinski definition) is 1. The first-order valence-electron chi connectivity index (χ1n) is 8.25. The van der Waals surface area contributed by atoms with E-state index in [0.29, 0.717) is 0 Å². The number of rotatable bonds is 6. The summed E-state index contributed by atoms with van der Waals surface area (Å²) in [6, 6.07) is 9.16. The van der Waals surface area contributed by atoms with Gasteiger partial charge in [0.25, 0.3) is 0 Å². The largest absolute Gasteiger partial charge is 0.312 e. The Morgan fingerprint density at radius 2 is 1.55 bits per heavy atom. The van der Waals surface area contributed by atoms with Gasteiger partial charge in [-0.1, -0.05) is 51.0 Å². The first-order chi connectivity index (χ1) is 9.74. The Morgan fingerprint density at radius 1 is 0.950 bits per heavy atom. The predicted molar refractivity (Wildman–Crippen MR) is 86.7 cm³/mol. The summed E-state index contributed by atoms with van der Waals surface area (Å²) in [5, 5.41) is 3.50. The van der Waals surface area contributed by atoms with Crippen molar-refractivity contribution < 1.29 is 0 Å². The van der Waals surface area contributed by atoms with Crippen molar-refractivity contribution in [2.45, 2.75) is 52.6 Å². The van der Waals surface area contributed by atoms with Gasteiger partial charge in [-0.2, -0.15) is 0 Å². The molecule has 1 fully saturated rings. The van der Waals surface area contributed by atoms with Crippen LogP contribution in [0.4, 0.5) is 0 Å². The average molecular weight is 274 g/mol. The molecule has 0 saturated carbocycles. The van der Waals surface area contributed by atoms with Gasteiger partial charge >= 0.3 is 0 Å². The van der Waals surface area contributed by atoms with Crippen molar-refractivity contribution in [2.24, 2.45) is 5.92 Å². The van der Waals surface area contributed by atoms with E-state index >= 15 is 0 Å². The van der Waals surface area contributed by atoms with Crippen LogP contribution in [0, 0.1) is 5.92 Å². The second kappa shape index (κ2) is 8.43. The highest BCUT2D eigenvalue weighted by atomic mass is 15.1. The maximum Gasteiger partial charge on any atom is 0.0233 e. The number of likely N-dealkylation sites (tertiary alicyclic amines) is 1. The molecule has 0 aliphatic carbocycles. The molecule has 1 N–H and O–H groups in total.